The molecule has 1 aromatic heterocycles. The Morgan fingerprint density at radius 3 is 2.07 bits per heavy atom. The zero-order valence-electron chi connectivity index (χ0n) is 15.9. The number of pyridine rings is 1. The van der Waals surface area contributed by atoms with Crippen LogP contribution < -0.4 is 15.5 Å². The van der Waals surface area contributed by atoms with E-state index in [2.05, 4.69) is 20.5 Å². The number of rotatable bonds is 4. The van der Waals surface area contributed by atoms with Gasteiger partial charge < -0.3 is 20.4 Å². The number of carbonyl (C=O) groups is 3. The van der Waals surface area contributed by atoms with Crippen LogP contribution in [0.5, 0.6) is 0 Å². The van der Waals surface area contributed by atoms with Crippen LogP contribution in [0.2, 0.25) is 0 Å². The number of piperazine rings is 1. The standard InChI is InChI=1S/C20H23N5O3/c1-14(26)22-17-3-5-18(6-4-17)23-20(28)16-7-8-21-19(13-16)25-11-9-24(10-12-25)15(2)27/h3-8,13H,9-12H2,1-2H3,(H,22,26)(H,23,28). The van der Waals surface area contributed by atoms with Gasteiger partial charge in [-0.05, 0) is 36.4 Å². The maximum Gasteiger partial charge on any atom is 0.255 e. The number of hydrogen-bond acceptors (Lipinski definition) is 5. The molecule has 0 unspecified atom stereocenters. The van der Waals surface area contributed by atoms with E-state index in [0.717, 1.165) is 5.82 Å². The van der Waals surface area contributed by atoms with E-state index in [0.29, 0.717) is 43.1 Å². The SMILES string of the molecule is CC(=O)Nc1ccc(NC(=O)c2ccnc(N3CCN(C(C)=O)CC3)c2)cc1. The molecule has 28 heavy (non-hydrogen) atoms. The summed E-state index contributed by atoms with van der Waals surface area (Å²) in [6.45, 7) is 5.67. The third kappa shape index (κ3) is 4.85. The molecule has 0 saturated carbocycles. The van der Waals surface area contributed by atoms with E-state index >= 15 is 0 Å². The van der Waals surface area contributed by atoms with Gasteiger partial charge in [-0.1, -0.05) is 0 Å². The summed E-state index contributed by atoms with van der Waals surface area (Å²) in [5.41, 5.74) is 1.80. The first-order valence-electron chi connectivity index (χ1n) is 9.08. The van der Waals surface area contributed by atoms with Gasteiger partial charge in [-0.25, -0.2) is 4.98 Å². The Labute approximate surface area is 163 Å². The predicted octanol–water partition coefficient (Wildman–Crippen LogP) is 1.96. The van der Waals surface area contributed by atoms with E-state index in [4.69, 9.17) is 0 Å². The van der Waals surface area contributed by atoms with Gasteiger partial charge >= 0.3 is 0 Å². The van der Waals surface area contributed by atoms with E-state index in [9.17, 15) is 14.4 Å². The van der Waals surface area contributed by atoms with E-state index in [1.165, 1.54) is 6.92 Å². The molecule has 3 rings (SSSR count). The maximum atomic E-state index is 12.6. The third-order valence-corrected chi connectivity index (χ3v) is 4.52. The van der Waals surface area contributed by atoms with Crippen LogP contribution in [0.15, 0.2) is 42.6 Å². The summed E-state index contributed by atoms with van der Waals surface area (Å²) in [4.78, 5) is 43.3. The van der Waals surface area contributed by atoms with Crippen molar-refractivity contribution in [2.75, 3.05) is 41.7 Å². The van der Waals surface area contributed by atoms with Crippen molar-refractivity contribution in [2.24, 2.45) is 0 Å². The third-order valence-electron chi connectivity index (χ3n) is 4.52. The Kier molecular flexibility index (Phi) is 5.88. The first kappa shape index (κ1) is 19.3. The number of nitrogens with one attached hydrogen (secondary N) is 2. The van der Waals surface area contributed by atoms with Crippen molar-refractivity contribution in [3.8, 4) is 0 Å². The Balaban J connectivity index is 1.64. The molecule has 1 aliphatic rings. The van der Waals surface area contributed by atoms with Crippen LogP contribution in [0.25, 0.3) is 0 Å². The van der Waals surface area contributed by atoms with Crippen LogP contribution in [0.3, 0.4) is 0 Å². The highest BCUT2D eigenvalue weighted by molar-refractivity contribution is 6.04. The summed E-state index contributed by atoms with van der Waals surface area (Å²) >= 11 is 0. The lowest BCUT2D eigenvalue weighted by Gasteiger charge is -2.35. The molecule has 1 fully saturated rings. The molecule has 8 heteroatoms. The van der Waals surface area contributed by atoms with Crippen molar-refractivity contribution in [1.29, 1.82) is 0 Å². The minimum absolute atomic E-state index is 0.0743. The zero-order valence-corrected chi connectivity index (χ0v) is 15.9. The maximum absolute atomic E-state index is 12.6. The lowest BCUT2D eigenvalue weighted by Crippen LogP contribution is -2.48. The fourth-order valence-corrected chi connectivity index (χ4v) is 3.03. The highest BCUT2D eigenvalue weighted by Crippen LogP contribution is 2.18. The van der Waals surface area contributed by atoms with Crippen LogP contribution in [0, 0.1) is 0 Å². The van der Waals surface area contributed by atoms with Crippen molar-refractivity contribution in [3.05, 3.63) is 48.2 Å². The van der Waals surface area contributed by atoms with Gasteiger partial charge in [0, 0.05) is 63.2 Å². The highest BCUT2D eigenvalue weighted by atomic mass is 16.2. The molecule has 3 amide bonds. The number of nitrogens with zero attached hydrogens (tertiary/aromatic N) is 3. The molecule has 1 aliphatic heterocycles. The van der Waals surface area contributed by atoms with Crippen molar-refractivity contribution < 1.29 is 14.4 Å². The molecule has 146 valence electrons. The van der Waals surface area contributed by atoms with Gasteiger partial charge in [0.2, 0.25) is 11.8 Å². The van der Waals surface area contributed by atoms with Crippen molar-refractivity contribution in [3.63, 3.8) is 0 Å². The van der Waals surface area contributed by atoms with Gasteiger partial charge in [-0.2, -0.15) is 0 Å². The fraction of sp³-hybridized carbons (Fsp3) is 0.300. The largest absolute Gasteiger partial charge is 0.353 e. The van der Waals surface area contributed by atoms with Gasteiger partial charge in [-0.15, -0.1) is 0 Å². The molecule has 2 heterocycles. The van der Waals surface area contributed by atoms with E-state index in [1.807, 2.05) is 0 Å². The highest BCUT2D eigenvalue weighted by Gasteiger charge is 2.20. The summed E-state index contributed by atoms with van der Waals surface area (Å²) in [5, 5.41) is 5.52. The number of hydrogen-bond donors (Lipinski definition) is 2. The molecule has 0 radical (unpaired) electrons. The normalized spacial score (nSPS) is 13.8. The number of aromatic nitrogens is 1. The lowest BCUT2D eigenvalue weighted by atomic mass is 10.2. The summed E-state index contributed by atoms with van der Waals surface area (Å²) in [6.07, 6.45) is 1.61. The molecule has 0 spiro atoms. The van der Waals surface area contributed by atoms with Crippen LogP contribution >= 0.6 is 0 Å². The monoisotopic (exact) mass is 381 g/mol. The molecule has 2 aromatic rings. The van der Waals surface area contributed by atoms with Gasteiger partial charge in [0.15, 0.2) is 0 Å². The first-order valence-corrected chi connectivity index (χ1v) is 9.08. The average Bonchev–Trinajstić information content (AvgIpc) is 2.69. The van der Waals surface area contributed by atoms with Gasteiger partial charge in [0.1, 0.15) is 5.82 Å². The summed E-state index contributed by atoms with van der Waals surface area (Å²) < 4.78 is 0. The summed E-state index contributed by atoms with van der Waals surface area (Å²) in [6, 6.07) is 10.3. The fourth-order valence-electron chi connectivity index (χ4n) is 3.03. The van der Waals surface area contributed by atoms with Crippen molar-refractivity contribution in [2.45, 2.75) is 13.8 Å². The molecule has 1 saturated heterocycles. The van der Waals surface area contributed by atoms with E-state index in [1.54, 1.807) is 54.4 Å². The van der Waals surface area contributed by atoms with E-state index < -0.39 is 0 Å². The topological polar surface area (TPSA) is 94.6 Å². The lowest BCUT2D eigenvalue weighted by molar-refractivity contribution is -0.129. The predicted molar refractivity (Wildman–Crippen MR) is 107 cm³/mol. The van der Waals surface area contributed by atoms with Gasteiger partial charge in [-0.3, -0.25) is 14.4 Å². The second kappa shape index (κ2) is 8.51. The Morgan fingerprint density at radius 2 is 1.50 bits per heavy atom. The molecular formula is C20H23N5O3. The molecule has 0 bridgehead atoms. The molecule has 8 nitrogen and oxygen atoms in total. The number of benzene rings is 1. The number of anilines is 3. The van der Waals surface area contributed by atoms with Crippen LogP contribution in [-0.4, -0.2) is 53.8 Å². The van der Waals surface area contributed by atoms with E-state index in [-0.39, 0.29) is 17.7 Å². The number of carbonyl (C=O) groups excluding carboxylic acids is 3. The van der Waals surface area contributed by atoms with Crippen LogP contribution in [0.4, 0.5) is 17.2 Å². The number of amides is 3. The minimum atomic E-state index is -0.238. The van der Waals surface area contributed by atoms with Gasteiger partial charge in [0.25, 0.3) is 5.91 Å². The molecular weight excluding hydrogens is 358 g/mol. The molecule has 2 N–H and O–H groups in total. The van der Waals surface area contributed by atoms with Crippen LogP contribution in [0.1, 0.15) is 24.2 Å². The van der Waals surface area contributed by atoms with Crippen LogP contribution in [-0.2, 0) is 9.59 Å². The van der Waals surface area contributed by atoms with Gasteiger partial charge in [0.05, 0.1) is 0 Å². The summed E-state index contributed by atoms with van der Waals surface area (Å²) in [5.74, 6) is 0.408. The molecule has 1 aromatic carbocycles. The molecule has 0 aliphatic carbocycles. The average molecular weight is 381 g/mol. The second-order valence-corrected chi connectivity index (χ2v) is 6.61. The Hall–Kier alpha value is -3.42. The smallest absolute Gasteiger partial charge is 0.255 e. The Bertz CT molecular complexity index is 874. The first-order chi connectivity index (χ1) is 13.4. The Morgan fingerprint density at radius 1 is 0.893 bits per heavy atom. The van der Waals surface area contributed by atoms with Crippen molar-refractivity contribution >= 4 is 34.9 Å². The minimum Gasteiger partial charge on any atom is -0.353 e. The quantitative estimate of drug-likeness (QED) is 0.844. The summed E-state index contributed by atoms with van der Waals surface area (Å²) in [7, 11) is 0. The molecule has 0 atom stereocenters. The van der Waals surface area contributed by atoms with Crippen molar-refractivity contribution in [1.82, 2.24) is 9.88 Å². The second-order valence-electron chi connectivity index (χ2n) is 6.61. The zero-order chi connectivity index (χ0) is 20.1.